The summed E-state index contributed by atoms with van der Waals surface area (Å²) in [6.07, 6.45) is 1.32. The lowest BCUT2D eigenvalue weighted by atomic mass is 10.3. The van der Waals surface area contributed by atoms with E-state index in [4.69, 9.17) is 0 Å². The number of benzene rings is 1. The number of anilines is 1. The second kappa shape index (κ2) is 5.34. The first-order chi connectivity index (χ1) is 10.5. The number of fused-ring (bicyclic) bond motifs is 1. The maximum absolute atomic E-state index is 12.4. The molecule has 0 radical (unpaired) electrons. The van der Waals surface area contributed by atoms with Crippen molar-refractivity contribution in [3.05, 3.63) is 54.0 Å². The van der Waals surface area contributed by atoms with Crippen molar-refractivity contribution in [3.63, 3.8) is 0 Å². The van der Waals surface area contributed by atoms with Crippen LogP contribution in [0.3, 0.4) is 0 Å². The van der Waals surface area contributed by atoms with Gasteiger partial charge in [-0.05, 0) is 38.1 Å². The molecule has 0 unspecified atom stereocenters. The third kappa shape index (κ3) is 2.75. The van der Waals surface area contributed by atoms with Crippen LogP contribution in [0.2, 0.25) is 0 Å². The van der Waals surface area contributed by atoms with E-state index in [1.807, 2.05) is 18.2 Å². The molecule has 0 spiro atoms. The second-order valence-electron chi connectivity index (χ2n) is 4.89. The fourth-order valence-corrected chi connectivity index (χ4v) is 2.99. The van der Waals surface area contributed by atoms with Crippen LogP contribution < -0.4 is 4.72 Å². The number of nitrogens with one attached hydrogen (secondary N) is 1. The summed E-state index contributed by atoms with van der Waals surface area (Å²) in [6.45, 7) is 3.51. The largest absolute Gasteiger partial charge is 0.264 e. The van der Waals surface area contributed by atoms with E-state index < -0.39 is 10.0 Å². The van der Waals surface area contributed by atoms with Gasteiger partial charge in [0.15, 0.2) is 5.82 Å². The van der Waals surface area contributed by atoms with E-state index in [0.29, 0.717) is 11.2 Å². The highest BCUT2D eigenvalue weighted by atomic mass is 32.2. The molecular weight excluding hydrogens is 300 g/mol. The summed E-state index contributed by atoms with van der Waals surface area (Å²) in [5.74, 6) is 0.222. The van der Waals surface area contributed by atoms with Crippen molar-refractivity contribution in [2.75, 3.05) is 4.72 Å². The van der Waals surface area contributed by atoms with Crippen LogP contribution in [0, 0.1) is 13.8 Å². The third-order valence-corrected chi connectivity index (χ3v) is 4.49. The van der Waals surface area contributed by atoms with Crippen LogP contribution in [0.5, 0.6) is 0 Å². The van der Waals surface area contributed by atoms with E-state index in [1.54, 1.807) is 26.0 Å². The number of hydrogen-bond donors (Lipinski definition) is 1. The molecule has 112 valence electrons. The molecule has 0 fully saturated rings. The standard InChI is InChI=1S/C15H14N4O2S/c1-10-7-8-12(9-16-10)22(20,21)19-15-11(2)17-13-5-3-4-6-14(13)18-15/h3-9H,1-2H3,(H,18,19). The number of rotatable bonds is 3. The zero-order valence-corrected chi connectivity index (χ0v) is 12.9. The predicted molar refractivity (Wildman–Crippen MR) is 84.1 cm³/mol. The van der Waals surface area contributed by atoms with Gasteiger partial charge in [-0.2, -0.15) is 0 Å². The molecular formula is C15H14N4O2S. The van der Waals surface area contributed by atoms with Gasteiger partial charge in [-0.3, -0.25) is 9.71 Å². The molecule has 0 aliphatic heterocycles. The highest BCUT2D eigenvalue weighted by Gasteiger charge is 2.17. The predicted octanol–water partition coefficient (Wildman–Crippen LogP) is 2.44. The molecule has 0 aliphatic rings. The summed E-state index contributed by atoms with van der Waals surface area (Å²) in [7, 11) is -3.74. The minimum atomic E-state index is -3.74. The van der Waals surface area contributed by atoms with Crippen molar-refractivity contribution in [1.82, 2.24) is 15.0 Å². The van der Waals surface area contributed by atoms with Crippen molar-refractivity contribution in [2.24, 2.45) is 0 Å². The highest BCUT2D eigenvalue weighted by molar-refractivity contribution is 7.92. The molecule has 2 heterocycles. The lowest BCUT2D eigenvalue weighted by Gasteiger charge is -2.10. The Bertz CT molecular complexity index is 937. The summed E-state index contributed by atoms with van der Waals surface area (Å²) >= 11 is 0. The monoisotopic (exact) mass is 314 g/mol. The minimum absolute atomic E-state index is 0.0902. The van der Waals surface area contributed by atoms with Crippen molar-refractivity contribution >= 4 is 26.9 Å². The normalized spacial score (nSPS) is 11.5. The van der Waals surface area contributed by atoms with Crippen LogP contribution >= 0.6 is 0 Å². The summed E-state index contributed by atoms with van der Waals surface area (Å²) in [4.78, 5) is 12.8. The summed E-state index contributed by atoms with van der Waals surface area (Å²) < 4.78 is 27.2. The molecule has 2 aromatic heterocycles. The van der Waals surface area contributed by atoms with Gasteiger partial charge in [-0.25, -0.2) is 18.4 Å². The van der Waals surface area contributed by atoms with E-state index in [-0.39, 0.29) is 10.7 Å². The molecule has 0 saturated carbocycles. The Labute approximate surface area is 128 Å². The van der Waals surface area contributed by atoms with Gasteiger partial charge in [0.25, 0.3) is 10.0 Å². The smallest absolute Gasteiger partial charge is 0.262 e. The van der Waals surface area contributed by atoms with Crippen LogP contribution in [0.1, 0.15) is 11.4 Å². The lowest BCUT2D eigenvalue weighted by Crippen LogP contribution is -2.15. The van der Waals surface area contributed by atoms with Crippen molar-refractivity contribution < 1.29 is 8.42 Å². The molecule has 6 nitrogen and oxygen atoms in total. The van der Waals surface area contributed by atoms with Gasteiger partial charge in [0.2, 0.25) is 0 Å². The fourth-order valence-electron chi connectivity index (χ4n) is 1.98. The number of aromatic nitrogens is 3. The molecule has 0 amide bonds. The first-order valence-electron chi connectivity index (χ1n) is 6.64. The lowest BCUT2D eigenvalue weighted by molar-refractivity contribution is 0.600. The van der Waals surface area contributed by atoms with E-state index in [2.05, 4.69) is 19.7 Å². The number of para-hydroxylation sites is 2. The van der Waals surface area contributed by atoms with E-state index in [1.165, 1.54) is 12.3 Å². The Hall–Kier alpha value is -2.54. The Morgan fingerprint density at radius 3 is 2.27 bits per heavy atom. The van der Waals surface area contributed by atoms with Crippen molar-refractivity contribution in [2.45, 2.75) is 18.7 Å². The highest BCUT2D eigenvalue weighted by Crippen LogP contribution is 2.19. The first kappa shape index (κ1) is 14.4. The Kier molecular flexibility index (Phi) is 3.50. The summed E-state index contributed by atoms with van der Waals surface area (Å²) in [6, 6.07) is 10.5. The molecule has 7 heteroatoms. The van der Waals surface area contributed by atoms with Crippen LogP contribution in [0.4, 0.5) is 5.82 Å². The van der Waals surface area contributed by atoms with Gasteiger partial charge in [0.1, 0.15) is 4.90 Å². The topological polar surface area (TPSA) is 84.8 Å². The van der Waals surface area contributed by atoms with Crippen LogP contribution in [-0.4, -0.2) is 23.4 Å². The number of pyridine rings is 1. The van der Waals surface area contributed by atoms with Crippen LogP contribution in [0.15, 0.2) is 47.5 Å². The molecule has 0 saturated heterocycles. The molecule has 1 aromatic carbocycles. The van der Waals surface area contributed by atoms with Crippen LogP contribution in [0.25, 0.3) is 11.0 Å². The van der Waals surface area contributed by atoms with E-state index in [9.17, 15) is 8.42 Å². The average Bonchev–Trinajstić information content (AvgIpc) is 2.48. The molecule has 22 heavy (non-hydrogen) atoms. The molecule has 0 bridgehead atoms. The van der Waals surface area contributed by atoms with E-state index >= 15 is 0 Å². The SMILES string of the molecule is Cc1ccc(S(=O)(=O)Nc2nc3ccccc3nc2C)cn1. The Morgan fingerprint density at radius 2 is 1.64 bits per heavy atom. The second-order valence-corrected chi connectivity index (χ2v) is 6.57. The summed E-state index contributed by atoms with van der Waals surface area (Å²) in [5.41, 5.74) is 2.62. The van der Waals surface area contributed by atoms with E-state index in [0.717, 1.165) is 11.2 Å². The van der Waals surface area contributed by atoms with Gasteiger partial charge >= 0.3 is 0 Å². The van der Waals surface area contributed by atoms with Crippen molar-refractivity contribution in [1.29, 1.82) is 0 Å². The quantitative estimate of drug-likeness (QED) is 0.802. The van der Waals surface area contributed by atoms with Gasteiger partial charge in [0.05, 0.1) is 16.7 Å². The third-order valence-electron chi connectivity index (χ3n) is 3.17. The minimum Gasteiger partial charge on any atom is -0.262 e. The molecule has 3 aromatic rings. The first-order valence-corrected chi connectivity index (χ1v) is 8.13. The summed E-state index contributed by atoms with van der Waals surface area (Å²) in [5, 5.41) is 0. The van der Waals surface area contributed by atoms with Gasteiger partial charge in [-0.15, -0.1) is 0 Å². The molecule has 0 atom stereocenters. The molecule has 3 rings (SSSR count). The van der Waals surface area contributed by atoms with Gasteiger partial charge in [0, 0.05) is 11.9 Å². The maximum Gasteiger partial charge on any atom is 0.264 e. The van der Waals surface area contributed by atoms with Crippen LogP contribution in [-0.2, 0) is 10.0 Å². The molecule has 0 aliphatic carbocycles. The number of aryl methyl sites for hydroxylation is 2. The zero-order chi connectivity index (χ0) is 15.7. The Balaban J connectivity index is 2.01. The fraction of sp³-hybridized carbons (Fsp3) is 0.133. The zero-order valence-electron chi connectivity index (χ0n) is 12.1. The number of sulfonamides is 1. The number of hydrogen-bond acceptors (Lipinski definition) is 5. The average molecular weight is 314 g/mol. The van der Waals surface area contributed by atoms with Crippen molar-refractivity contribution in [3.8, 4) is 0 Å². The maximum atomic E-state index is 12.4. The Morgan fingerprint density at radius 1 is 0.955 bits per heavy atom. The molecule has 1 N–H and O–H groups in total. The number of nitrogens with zero attached hydrogens (tertiary/aromatic N) is 3. The van der Waals surface area contributed by atoms with Gasteiger partial charge in [-0.1, -0.05) is 12.1 Å². The van der Waals surface area contributed by atoms with Gasteiger partial charge < -0.3 is 0 Å².